The lowest BCUT2D eigenvalue weighted by Crippen LogP contribution is -2.30. The number of carboxylic acid groups (broad SMARTS) is 1. The van der Waals surface area contributed by atoms with Crippen LogP contribution in [0, 0.1) is 0 Å². The SMILES string of the molecule is COc1ccc2c(cc(C(=O)CN[C@H](CO)c3ccc(CC(=O)O)cc3)n2C)c1Cl. The minimum atomic E-state index is -0.905. The Morgan fingerprint density at radius 3 is 2.50 bits per heavy atom. The quantitative estimate of drug-likeness (QED) is 0.451. The second-order valence-corrected chi connectivity index (χ2v) is 7.33. The van der Waals surface area contributed by atoms with Gasteiger partial charge < -0.3 is 24.8 Å². The Labute approximate surface area is 178 Å². The van der Waals surface area contributed by atoms with Crippen molar-refractivity contribution in [2.45, 2.75) is 12.5 Å². The first-order valence-electron chi connectivity index (χ1n) is 9.35. The van der Waals surface area contributed by atoms with Crippen LogP contribution in [-0.2, 0) is 18.3 Å². The number of halogens is 1. The number of aliphatic carboxylic acids is 1. The summed E-state index contributed by atoms with van der Waals surface area (Å²) in [5.41, 5.74) is 2.74. The molecule has 3 aromatic rings. The van der Waals surface area contributed by atoms with E-state index < -0.39 is 12.0 Å². The Morgan fingerprint density at radius 1 is 1.20 bits per heavy atom. The molecule has 1 heterocycles. The number of carbonyl (C=O) groups is 2. The van der Waals surface area contributed by atoms with E-state index in [2.05, 4.69) is 5.32 Å². The molecule has 0 amide bonds. The van der Waals surface area contributed by atoms with Crippen LogP contribution in [0.5, 0.6) is 5.75 Å². The first-order valence-corrected chi connectivity index (χ1v) is 9.73. The van der Waals surface area contributed by atoms with Crippen molar-refractivity contribution in [3.63, 3.8) is 0 Å². The van der Waals surface area contributed by atoms with Crippen LogP contribution in [0.15, 0.2) is 42.5 Å². The van der Waals surface area contributed by atoms with E-state index in [4.69, 9.17) is 21.4 Å². The second-order valence-electron chi connectivity index (χ2n) is 6.95. The highest BCUT2D eigenvalue weighted by Crippen LogP contribution is 2.34. The number of carboxylic acids is 1. The summed E-state index contributed by atoms with van der Waals surface area (Å²) >= 11 is 6.37. The van der Waals surface area contributed by atoms with Crippen LogP contribution >= 0.6 is 11.6 Å². The molecule has 30 heavy (non-hydrogen) atoms. The van der Waals surface area contributed by atoms with Crippen LogP contribution in [0.4, 0.5) is 0 Å². The first-order chi connectivity index (χ1) is 14.3. The zero-order valence-corrected chi connectivity index (χ0v) is 17.4. The summed E-state index contributed by atoms with van der Waals surface area (Å²) < 4.78 is 7.01. The van der Waals surface area contributed by atoms with E-state index in [9.17, 15) is 14.7 Å². The second kappa shape index (κ2) is 9.30. The third kappa shape index (κ3) is 4.48. The summed E-state index contributed by atoms with van der Waals surface area (Å²) in [5, 5.41) is 22.8. The summed E-state index contributed by atoms with van der Waals surface area (Å²) in [7, 11) is 3.33. The highest BCUT2D eigenvalue weighted by Gasteiger charge is 2.19. The lowest BCUT2D eigenvalue weighted by molar-refractivity contribution is -0.136. The van der Waals surface area contributed by atoms with Crippen molar-refractivity contribution in [2.24, 2.45) is 7.05 Å². The number of aryl methyl sites for hydroxylation is 1. The Kier molecular flexibility index (Phi) is 6.77. The predicted octanol–water partition coefficient (Wildman–Crippen LogP) is 2.97. The zero-order chi connectivity index (χ0) is 21.8. The van der Waals surface area contributed by atoms with Gasteiger partial charge in [-0.3, -0.25) is 9.59 Å². The number of rotatable bonds is 9. The monoisotopic (exact) mass is 430 g/mol. The molecule has 0 aliphatic heterocycles. The Balaban J connectivity index is 1.74. The van der Waals surface area contributed by atoms with Gasteiger partial charge in [-0.25, -0.2) is 0 Å². The summed E-state index contributed by atoms with van der Waals surface area (Å²) in [6, 6.07) is 11.8. The van der Waals surface area contributed by atoms with Crippen LogP contribution in [-0.4, -0.2) is 46.8 Å². The van der Waals surface area contributed by atoms with Crippen molar-refractivity contribution in [3.05, 3.63) is 64.3 Å². The summed E-state index contributed by atoms with van der Waals surface area (Å²) in [4.78, 5) is 23.6. The average Bonchev–Trinajstić information content (AvgIpc) is 3.07. The van der Waals surface area contributed by atoms with Gasteiger partial charge in [0.2, 0.25) is 0 Å². The lowest BCUT2D eigenvalue weighted by Gasteiger charge is -2.17. The molecule has 0 saturated carbocycles. The molecule has 3 rings (SSSR count). The summed E-state index contributed by atoms with van der Waals surface area (Å²) in [6.07, 6.45) is -0.0651. The smallest absolute Gasteiger partial charge is 0.307 e. The number of fused-ring (bicyclic) bond motifs is 1. The zero-order valence-electron chi connectivity index (χ0n) is 16.7. The maximum atomic E-state index is 12.8. The third-order valence-electron chi connectivity index (χ3n) is 5.06. The van der Waals surface area contributed by atoms with Crippen molar-refractivity contribution in [1.82, 2.24) is 9.88 Å². The highest BCUT2D eigenvalue weighted by molar-refractivity contribution is 6.37. The fraction of sp³-hybridized carbons (Fsp3) is 0.273. The fourth-order valence-electron chi connectivity index (χ4n) is 3.42. The van der Waals surface area contributed by atoms with Crippen LogP contribution in [0.1, 0.15) is 27.7 Å². The molecule has 0 aliphatic rings. The summed E-state index contributed by atoms with van der Waals surface area (Å²) in [6.45, 7) is -0.190. The van der Waals surface area contributed by atoms with Crippen molar-refractivity contribution in [2.75, 3.05) is 20.3 Å². The van der Waals surface area contributed by atoms with Crippen molar-refractivity contribution < 1.29 is 24.5 Å². The molecule has 1 aromatic heterocycles. The fourth-order valence-corrected chi connectivity index (χ4v) is 3.71. The normalized spacial score (nSPS) is 12.1. The van der Waals surface area contributed by atoms with E-state index >= 15 is 0 Å². The molecule has 0 saturated heterocycles. The molecule has 158 valence electrons. The topological polar surface area (TPSA) is 101 Å². The molecule has 0 unspecified atom stereocenters. The van der Waals surface area contributed by atoms with Gasteiger partial charge in [0.05, 0.1) is 49.0 Å². The van der Waals surface area contributed by atoms with E-state index in [1.54, 1.807) is 48.0 Å². The third-order valence-corrected chi connectivity index (χ3v) is 5.45. The Morgan fingerprint density at radius 2 is 1.90 bits per heavy atom. The van der Waals surface area contributed by atoms with Crippen molar-refractivity contribution >= 4 is 34.3 Å². The van der Waals surface area contributed by atoms with Crippen LogP contribution in [0.2, 0.25) is 5.02 Å². The molecule has 7 nitrogen and oxygen atoms in total. The number of nitrogens with zero attached hydrogens (tertiary/aromatic N) is 1. The Bertz CT molecular complexity index is 1080. The van der Waals surface area contributed by atoms with Gasteiger partial charge in [0.1, 0.15) is 5.75 Å². The molecule has 0 radical (unpaired) electrons. The number of carbonyl (C=O) groups excluding carboxylic acids is 1. The van der Waals surface area contributed by atoms with Crippen molar-refractivity contribution in [1.29, 1.82) is 0 Å². The number of methoxy groups -OCH3 is 1. The maximum Gasteiger partial charge on any atom is 0.307 e. The minimum absolute atomic E-state index is 0.0149. The number of benzene rings is 2. The standard InChI is InChI=1S/C22H23ClN2O5/c1-25-17-7-8-20(30-2)22(23)15(17)10-18(25)19(27)11-24-16(12-26)14-5-3-13(4-6-14)9-21(28)29/h3-8,10,16,24,26H,9,11-12H2,1-2H3,(H,28,29)/t16-/m1/s1. The predicted molar refractivity (Wildman–Crippen MR) is 114 cm³/mol. The van der Waals surface area contributed by atoms with Gasteiger partial charge in [0.15, 0.2) is 5.78 Å². The molecule has 8 heteroatoms. The number of aliphatic hydroxyl groups is 1. The van der Waals surface area contributed by atoms with Gasteiger partial charge in [-0.15, -0.1) is 0 Å². The number of hydrogen-bond donors (Lipinski definition) is 3. The first kappa shape index (κ1) is 21.8. The van der Waals surface area contributed by atoms with Gasteiger partial charge in [-0.05, 0) is 29.3 Å². The highest BCUT2D eigenvalue weighted by atomic mass is 35.5. The van der Waals surface area contributed by atoms with Gasteiger partial charge in [0.25, 0.3) is 0 Å². The lowest BCUT2D eigenvalue weighted by atomic mass is 10.0. The van der Waals surface area contributed by atoms with Gasteiger partial charge in [-0.1, -0.05) is 35.9 Å². The number of ether oxygens (including phenoxy) is 1. The molecule has 3 N–H and O–H groups in total. The summed E-state index contributed by atoms with van der Waals surface area (Å²) in [5.74, 6) is -0.513. The molecular weight excluding hydrogens is 408 g/mol. The number of Topliss-reactive ketones (excluding diaryl/α,β-unsaturated/α-hetero) is 1. The number of hydrogen-bond acceptors (Lipinski definition) is 5. The van der Waals surface area contributed by atoms with Crippen LogP contribution < -0.4 is 10.1 Å². The van der Waals surface area contributed by atoms with Gasteiger partial charge in [-0.2, -0.15) is 0 Å². The molecule has 0 bridgehead atoms. The van der Waals surface area contributed by atoms with Gasteiger partial charge >= 0.3 is 5.97 Å². The molecule has 1 atom stereocenters. The number of aliphatic hydroxyl groups excluding tert-OH is 1. The number of nitrogens with one attached hydrogen (secondary N) is 1. The molecule has 0 fully saturated rings. The van der Waals surface area contributed by atoms with E-state index in [0.29, 0.717) is 22.0 Å². The van der Waals surface area contributed by atoms with Crippen LogP contribution in [0.25, 0.3) is 10.9 Å². The van der Waals surface area contributed by atoms with E-state index in [-0.39, 0.29) is 25.4 Å². The number of aromatic nitrogens is 1. The maximum absolute atomic E-state index is 12.8. The van der Waals surface area contributed by atoms with E-state index in [0.717, 1.165) is 16.5 Å². The van der Waals surface area contributed by atoms with E-state index in [1.807, 2.05) is 6.07 Å². The van der Waals surface area contributed by atoms with Gasteiger partial charge in [0, 0.05) is 12.4 Å². The molecule has 0 spiro atoms. The molecule has 0 aliphatic carbocycles. The van der Waals surface area contributed by atoms with Crippen LogP contribution in [0.3, 0.4) is 0 Å². The molecule has 2 aromatic carbocycles. The van der Waals surface area contributed by atoms with E-state index in [1.165, 1.54) is 7.11 Å². The number of ketones is 1. The Hall–Kier alpha value is -2.87. The minimum Gasteiger partial charge on any atom is -0.495 e. The largest absolute Gasteiger partial charge is 0.495 e. The van der Waals surface area contributed by atoms with Crippen molar-refractivity contribution in [3.8, 4) is 5.75 Å². The molecular formula is C22H23ClN2O5. The average molecular weight is 431 g/mol.